The smallest absolute Gasteiger partial charge is 0.156 e. The maximum Gasteiger partial charge on any atom is 0.156 e. The van der Waals surface area contributed by atoms with Crippen LogP contribution in [0.25, 0.3) is 11.3 Å². The van der Waals surface area contributed by atoms with E-state index in [1.807, 2.05) is 26.0 Å². The molecule has 0 saturated heterocycles. The summed E-state index contributed by atoms with van der Waals surface area (Å²) in [4.78, 5) is 11.2. The highest BCUT2D eigenvalue weighted by molar-refractivity contribution is 5.93. The van der Waals surface area contributed by atoms with Gasteiger partial charge in [0.1, 0.15) is 17.3 Å². The van der Waals surface area contributed by atoms with Gasteiger partial charge in [0, 0.05) is 12.6 Å². The Morgan fingerprint density at radius 3 is 2.63 bits per heavy atom. The number of carbonyl (C=O) groups is 1. The van der Waals surface area contributed by atoms with Gasteiger partial charge < -0.3 is 10.5 Å². The van der Waals surface area contributed by atoms with E-state index in [2.05, 4.69) is 5.10 Å². The van der Waals surface area contributed by atoms with Crippen molar-refractivity contribution in [3.63, 3.8) is 0 Å². The number of ether oxygens (including phenoxy) is 1. The zero-order valence-corrected chi connectivity index (χ0v) is 11.5. The fraction of sp³-hybridized carbons (Fsp3) is 0.286. The predicted molar refractivity (Wildman–Crippen MR) is 74.5 cm³/mol. The van der Waals surface area contributed by atoms with Crippen LogP contribution >= 0.6 is 0 Å². The van der Waals surface area contributed by atoms with Crippen molar-refractivity contribution in [1.29, 1.82) is 0 Å². The zero-order chi connectivity index (χ0) is 14.2. The van der Waals surface area contributed by atoms with Gasteiger partial charge in [-0.3, -0.25) is 9.48 Å². The van der Waals surface area contributed by atoms with Crippen LogP contribution in [0.4, 0.5) is 5.82 Å². The maximum absolute atomic E-state index is 11.2. The minimum atomic E-state index is 0.353. The van der Waals surface area contributed by atoms with Crippen molar-refractivity contribution in [2.24, 2.45) is 7.05 Å². The highest BCUT2D eigenvalue weighted by Crippen LogP contribution is 2.36. The Labute approximate surface area is 112 Å². The van der Waals surface area contributed by atoms with Gasteiger partial charge in [-0.15, -0.1) is 0 Å². The molecule has 2 aromatic rings. The number of carbonyl (C=O) groups excluding carboxylic acids is 1. The molecule has 0 aliphatic heterocycles. The van der Waals surface area contributed by atoms with E-state index in [4.69, 9.17) is 10.5 Å². The van der Waals surface area contributed by atoms with Crippen molar-refractivity contribution in [3.05, 3.63) is 28.8 Å². The number of aromatic nitrogens is 2. The molecule has 2 rings (SSSR count). The minimum absolute atomic E-state index is 0.353. The van der Waals surface area contributed by atoms with E-state index in [0.29, 0.717) is 22.8 Å². The summed E-state index contributed by atoms with van der Waals surface area (Å²) in [5, 5.41) is 4.32. The number of hydrogen-bond acceptors (Lipinski definition) is 4. The lowest BCUT2D eigenvalue weighted by molar-refractivity contribution is 0.112. The lowest BCUT2D eigenvalue weighted by atomic mass is 10.0. The summed E-state index contributed by atoms with van der Waals surface area (Å²) in [7, 11) is 3.31. The monoisotopic (exact) mass is 259 g/mol. The normalized spacial score (nSPS) is 10.5. The van der Waals surface area contributed by atoms with Gasteiger partial charge in [0.2, 0.25) is 0 Å². The van der Waals surface area contributed by atoms with Crippen LogP contribution < -0.4 is 10.5 Å². The highest BCUT2D eigenvalue weighted by atomic mass is 16.5. The van der Waals surface area contributed by atoms with Crippen LogP contribution in [0.5, 0.6) is 5.75 Å². The van der Waals surface area contributed by atoms with Crippen molar-refractivity contribution in [2.45, 2.75) is 13.8 Å². The van der Waals surface area contributed by atoms with Crippen molar-refractivity contribution in [2.75, 3.05) is 12.8 Å². The Hall–Kier alpha value is -2.30. The number of nitrogens with zero attached hydrogens (tertiary/aromatic N) is 2. The van der Waals surface area contributed by atoms with E-state index in [9.17, 15) is 4.79 Å². The summed E-state index contributed by atoms with van der Waals surface area (Å²) in [6.07, 6.45) is 0.731. The van der Waals surface area contributed by atoms with E-state index in [1.54, 1.807) is 14.2 Å². The molecule has 5 heteroatoms. The Kier molecular flexibility index (Phi) is 3.29. The van der Waals surface area contributed by atoms with Gasteiger partial charge in [0.15, 0.2) is 6.29 Å². The number of anilines is 1. The summed E-state index contributed by atoms with van der Waals surface area (Å²) >= 11 is 0. The summed E-state index contributed by atoms with van der Waals surface area (Å²) in [6.45, 7) is 3.95. The molecule has 19 heavy (non-hydrogen) atoms. The molecule has 0 fully saturated rings. The summed E-state index contributed by atoms with van der Waals surface area (Å²) in [5.41, 5.74) is 9.66. The van der Waals surface area contributed by atoms with Crippen LogP contribution in [-0.4, -0.2) is 23.2 Å². The van der Waals surface area contributed by atoms with Crippen LogP contribution in [0.2, 0.25) is 0 Å². The molecule has 0 radical (unpaired) electrons. The first-order valence-corrected chi connectivity index (χ1v) is 5.92. The number of benzene rings is 1. The molecule has 0 unspecified atom stereocenters. The standard InChI is InChI=1S/C14H17N3O2/c1-8-5-9(2)13(19-4)10(6-8)12-11(7-18)14(15)17(3)16-12/h5-7H,15H2,1-4H3. The molecule has 1 aromatic carbocycles. The van der Waals surface area contributed by atoms with Gasteiger partial charge in [0.05, 0.1) is 12.7 Å². The second-order valence-electron chi connectivity index (χ2n) is 4.55. The van der Waals surface area contributed by atoms with Crippen LogP contribution in [0, 0.1) is 13.8 Å². The first-order valence-electron chi connectivity index (χ1n) is 5.92. The number of nitrogen functional groups attached to an aromatic ring is 1. The summed E-state index contributed by atoms with van der Waals surface area (Å²) < 4.78 is 6.92. The first kappa shape index (κ1) is 13.1. The molecule has 100 valence electrons. The molecule has 2 N–H and O–H groups in total. The molecule has 0 spiro atoms. The number of methoxy groups -OCH3 is 1. The molecule has 0 atom stereocenters. The number of aldehydes is 1. The Morgan fingerprint density at radius 2 is 2.05 bits per heavy atom. The first-order chi connectivity index (χ1) is 8.99. The third kappa shape index (κ3) is 2.07. The molecule has 1 heterocycles. The lowest BCUT2D eigenvalue weighted by Crippen LogP contribution is -1.98. The van der Waals surface area contributed by atoms with E-state index in [1.165, 1.54) is 4.68 Å². The van der Waals surface area contributed by atoms with Gasteiger partial charge in [0.25, 0.3) is 0 Å². The molecule has 0 saturated carbocycles. The molecule has 5 nitrogen and oxygen atoms in total. The van der Waals surface area contributed by atoms with E-state index >= 15 is 0 Å². The zero-order valence-electron chi connectivity index (χ0n) is 11.5. The van der Waals surface area contributed by atoms with E-state index in [0.717, 1.165) is 23.0 Å². The molecular weight excluding hydrogens is 242 g/mol. The molecule has 0 aliphatic carbocycles. The van der Waals surface area contributed by atoms with Crippen molar-refractivity contribution in [3.8, 4) is 17.0 Å². The highest BCUT2D eigenvalue weighted by Gasteiger charge is 2.19. The topological polar surface area (TPSA) is 70.1 Å². The Balaban J connectivity index is 2.78. The SMILES string of the molecule is COc1c(C)cc(C)cc1-c1nn(C)c(N)c1C=O. The number of rotatable bonds is 3. The average molecular weight is 259 g/mol. The molecular formula is C14H17N3O2. The fourth-order valence-corrected chi connectivity index (χ4v) is 2.27. The minimum Gasteiger partial charge on any atom is -0.496 e. The average Bonchev–Trinajstić information content (AvgIpc) is 2.64. The van der Waals surface area contributed by atoms with E-state index in [-0.39, 0.29) is 0 Å². The van der Waals surface area contributed by atoms with Crippen LogP contribution in [0.15, 0.2) is 12.1 Å². The third-order valence-electron chi connectivity index (χ3n) is 3.13. The van der Waals surface area contributed by atoms with Gasteiger partial charge in [-0.25, -0.2) is 0 Å². The van der Waals surface area contributed by atoms with Crippen molar-refractivity contribution in [1.82, 2.24) is 9.78 Å². The second-order valence-corrected chi connectivity index (χ2v) is 4.55. The molecule has 0 bridgehead atoms. The van der Waals surface area contributed by atoms with Gasteiger partial charge in [-0.05, 0) is 31.0 Å². The third-order valence-corrected chi connectivity index (χ3v) is 3.13. The van der Waals surface area contributed by atoms with Crippen molar-refractivity contribution < 1.29 is 9.53 Å². The largest absolute Gasteiger partial charge is 0.496 e. The summed E-state index contributed by atoms with van der Waals surface area (Å²) in [6, 6.07) is 3.97. The Bertz CT molecular complexity index is 645. The number of nitrogens with two attached hydrogens (primary N) is 1. The quantitative estimate of drug-likeness (QED) is 0.857. The fourth-order valence-electron chi connectivity index (χ4n) is 2.27. The summed E-state index contributed by atoms with van der Waals surface area (Å²) in [5.74, 6) is 1.07. The molecule has 0 amide bonds. The lowest BCUT2D eigenvalue weighted by Gasteiger charge is -2.11. The predicted octanol–water partition coefficient (Wildman–Crippen LogP) is 2.11. The van der Waals surface area contributed by atoms with Gasteiger partial charge in [-0.2, -0.15) is 5.10 Å². The second kappa shape index (κ2) is 4.76. The molecule has 0 aliphatic rings. The maximum atomic E-state index is 11.2. The van der Waals surface area contributed by atoms with Crippen molar-refractivity contribution >= 4 is 12.1 Å². The van der Waals surface area contributed by atoms with Crippen LogP contribution in [-0.2, 0) is 7.05 Å². The Morgan fingerprint density at radius 1 is 1.37 bits per heavy atom. The van der Waals surface area contributed by atoms with Crippen LogP contribution in [0.1, 0.15) is 21.5 Å². The van der Waals surface area contributed by atoms with Gasteiger partial charge in [-0.1, -0.05) is 6.07 Å². The van der Waals surface area contributed by atoms with Gasteiger partial charge >= 0.3 is 0 Å². The number of hydrogen-bond donors (Lipinski definition) is 1. The molecule has 1 aromatic heterocycles. The van der Waals surface area contributed by atoms with E-state index < -0.39 is 0 Å². The number of aryl methyl sites for hydroxylation is 3. The van der Waals surface area contributed by atoms with Crippen LogP contribution in [0.3, 0.4) is 0 Å².